The lowest BCUT2D eigenvalue weighted by molar-refractivity contribution is 0.0761. The summed E-state index contributed by atoms with van der Waals surface area (Å²) in [7, 11) is 0. The maximum Gasteiger partial charge on any atom is 0.284 e. The highest BCUT2D eigenvalue weighted by Crippen LogP contribution is 2.16. The van der Waals surface area contributed by atoms with Crippen LogP contribution in [0.4, 0.5) is 0 Å². The fraction of sp³-hybridized carbons (Fsp3) is 0.444. The Morgan fingerprint density at radius 3 is 2.29 bits per heavy atom. The largest absolute Gasteiger partial charge is 0.334 e. The van der Waals surface area contributed by atoms with E-state index < -0.39 is 0 Å². The lowest BCUT2D eigenvalue weighted by atomic mass is 10.3. The van der Waals surface area contributed by atoms with Crippen molar-refractivity contribution in [3.05, 3.63) is 9.47 Å². The smallest absolute Gasteiger partial charge is 0.284 e. The third-order valence-corrected chi connectivity index (χ3v) is 2.86. The van der Waals surface area contributed by atoms with Gasteiger partial charge >= 0.3 is 0 Å². The molecule has 0 unspecified atom stereocenters. The summed E-state index contributed by atoms with van der Waals surface area (Å²) in [4.78, 5) is 13.3. The van der Waals surface area contributed by atoms with E-state index in [0.29, 0.717) is 0 Å². The summed E-state index contributed by atoms with van der Waals surface area (Å²) >= 11 is 6.56. The normalized spacial score (nSPS) is 9.35. The summed E-state index contributed by atoms with van der Waals surface area (Å²) in [6.07, 6.45) is 0.424. The molecule has 0 fully saturated rings. The maximum absolute atomic E-state index is 11.9. The van der Waals surface area contributed by atoms with Crippen molar-refractivity contribution in [2.24, 2.45) is 0 Å². The molecular weight excluding hydrogens is 262 g/mol. The van der Waals surface area contributed by atoms with Crippen molar-refractivity contribution in [1.82, 2.24) is 15.1 Å². The van der Waals surface area contributed by atoms with Crippen LogP contribution in [0.15, 0.2) is 0 Å². The van der Waals surface area contributed by atoms with Gasteiger partial charge in [-0.2, -0.15) is 10.5 Å². The molecule has 0 aliphatic rings. The first kappa shape index (κ1) is 13.4. The van der Waals surface area contributed by atoms with Gasteiger partial charge in [0, 0.05) is 13.1 Å². The van der Waals surface area contributed by atoms with Crippen molar-refractivity contribution >= 4 is 28.8 Å². The average molecular weight is 270 g/mol. The number of hydrogen-bond donors (Lipinski definition) is 0. The van der Waals surface area contributed by atoms with Crippen LogP contribution in [0.1, 0.15) is 22.6 Å². The molecule has 0 atom stereocenters. The highest BCUT2D eigenvalue weighted by Gasteiger charge is 2.19. The molecule has 0 aliphatic carbocycles. The van der Waals surface area contributed by atoms with Crippen molar-refractivity contribution in [1.29, 1.82) is 10.5 Å². The number of amides is 1. The maximum atomic E-state index is 11.9. The van der Waals surface area contributed by atoms with E-state index in [0.717, 1.165) is 11.3 Å². The van der Waals surface area contributed by atoms with Crippen LogP contribution in [-0.4, -0.2) is 34.1 Å². The molecule has 1 heterocycles. The number of rotatable bonds is 5. The molecule has 88 valence electrons. The van der Waals surface area contributed by atoms with Crippen LogP contribution in [0, 0.1) is 22.7 Å². The van der Waals surface area contributed by atoms with Gasteiger partial charge in [-0.25, -0.2) is 0 Å². The second-order valence-electron chi connectivity index (χ2n) is 2.97. The van der Waals surface area contributed by atoms with E-state index in [1.165, 1.54) is 4.90 Å². The lowest BCUT2D eigenvalue weighted by Gasteiger charge is -2.18. The first-order chi connectivity index (χ1) is 8.19. The molecule has 1 aromatic heterocycles. The SMILES string of the molecule is N#CCCN(CCC#N)C(=O)c1nnc(Cl)s1. The predicted molar refractivity (Wildman–Crippen MR) is 61.3 cm³/mol. The van der Waals surface area contributed by atoms with E-state index in [1.807, 2.05) is 12.1 Å². The van der Waals surface area contributed by atoms with Gasteiger partial charge in [-0.15, -0.1) is 10.2 Å². The number of carbonyl (C=O) groups is 1. The Kier molecular flexibility index (Phi) is 5.34. The van der Waals surface area contributed by atoms with Crippen molar-refractivity contribution in [2.75, 3.05) is 13.1 Å². The van der Waals surface area contributed by atoms with Gasteiger partial charge < -0.3 is 4.90 Å². The van der Waals surface area contributed by atoms with Crippen LogP contribution in [0.25, 0.3) is 0 Å². The van der Waals surface area contributed by atoms with Crippen molar-refractivity contribution in [3.63, 3.8) is 0 Å². The molecule has 0 aliphatic heterocycles. The van der Waals surface area contributed by atoms with E-state index in [-0.39, 0.29) is 41.3 Å². The second-order valence-corrected chi connectivity index (χ2v) is 4.53. The van der Waals surface area contributed by atoms with Crippen LogP contribution >= 0.6 is 22.9 Å². The summed E-state index contributed by atoms with van der Waals surface area (Å²) in [6.45, 7) is 0.544. The summed E-state index contributed by atoms with van der Waals surface area (Å²) in [5, 5.41) is 24.3. The van der Waals surface area contributed by atoms with Crippen LogP contribution in [-0.2, 0) is 0 Å². The van der Waals surface area contributed by atoms with E-state index in [2.05, 4.69) is 10.2 Å². The topological polar surface area (TPSA) is 93.7 Å². The molecule has 8 heteroatoms. The van der Waals surface area contributed by atoms with Gasteiger partial charge in [-0.3, -0.25) is 4.79 Å². The van der Waals surface area contributed by atoms with E-state index >= 15 is 0 Å². The highest BCUT2D eigenvalue weighted by atomic mass is 35.5. The third kappa shape index (κ3) is 3.99. The lowest BCUT2D eigenvalue weighted by Crippen LogP contribution is -2.32. The molecule has 0 radical (unpaired) electrons. The Hall–Kier alpha value is -1.70. The highest BCUT2D eigenvalue weighted by molar-refractivity contribution is 7.17. The van der Waals surface area contributed by atoms with Gasteiger partial charge in [0.2, 0.25) is 9.47 Å². The van der Waals surface area contributed by atoms with Gasteiger partial charge in [-0.05, 0) is 11.6 Å². The molecule has 17 heavy (non-hydrogen) atoms. The minimum absolute atomic E-state index is 0.172. The molecule has 1 aromatic rings. The monoisotopic (exact) mass is 269 g/mol. The molecule has 1 rings (SSSR count). The van der Waals surface area contributed by atoms with Gasteiger partial charge in [0.25, 0.3) is 5.91 Å². The second kappa shape index (κ2) is 6.79. The Morgan fingerprint density at radius 2 is 1.88 bits per heavy atom. The van der Waals surface area contributed by atoms with Crippen molar-refractivity contribution in [3.8, 4) is 12.1 Å². The molecule has 1 amide bonds. The minimum Gasteiger partial charge on any atom is -0.334 e. The fourth-order valence-electron chi connectivity index (χ4n) is 1.11. The summed E-state index contributed by atoms with van der Waals surface area (Å²) in [5.41, 5.74) is 0. The summed E-state index contributed by atoms with van der Waals surface area (Å²) < 4.78 is 0.189. The van der Waals surface area contributed by atoms with Crippen LogP contribution in [0.5, 0.6) is 0 Å². The Morgan fingerprint density at radius 1 is 1.29 bits per heavy atom. The zero-order chi connectivity index (χ0) is 12.7. The molecular formula is C9H8ClN5OS. The first-order valence-electron chi connectivity index (χ1n) is 4.71. The molecule has 0 saturated carbocycles. The molecule has 0 aromatic carbocycles. The van der Waals surface area contributed by atoms with Gasteiger partial charge in [0.05, 0.1) is 25.0 Å². The molecule has 6 nitrogen and oxygen atoms in total. The van der Waals surface area contributed by atoms with Crippen LogP contribution < -0.4 is 0 Å². The van der Waals surface area contributed by atoms with Crippen LogP contribution in [0.2, 0.25) is 4.47 Å². The van der Waals surface area contributed by atoms with E-state index in [4.69, 9.17) is 22.1 Å². The quantitative estimate of drug-likeness (QED) is 0.807. The number of hydrogen-bond acceptors (Lipinski definition) is 6. The first-order valence-corrected chi connectivity index (χ1v) is 5.90. The zero-order valence-corrected chi connectivity index (χ0v) is 10.3. The van der Waals surface area contributed by atoms with E-state index in [1.54, 1.807) is 0 Å². The van der Waals surface area contributed by atoms with Crippen LogP contribution in [0.3, 0.4) is 0 Å². The Balaban J connectivity index is 2.72. The molecule has 0 saturated heterocycles. The third-order valence-electron chi connectivity index (χ3n) is 1.86. The zero-order valence-electron chi connectivity index (χ0n) is 8.76. The predicted octanol–water partition coefficient (Wildman–Crippen LogP) is 1.46. The number of nitriles is 2. The molecule has 0 spiro atoms. The fourth-order valence-corrected chi connectivity index (χ4v) is 1.91. The summed E-state index contributed by atoms with van der Waals surface area (Å²) in [5.74, 6) is -0.347. The van der Waals surface area contributed by atoms with E-state index in [9.17, 15) is 4.79 Å². The summed E-state index contributed by atoms with van der Waals surface area (Å²) in [6, 6.07) is 3.90. The number of carbonyl (C=O) groups excluding carboxylic acids is 1. The van der Waals surface area contributed by atoms with Gasteiger partial charge in [0.1, 0.15) is 0 Å². The van der Waals surface area contributed by atoms with Crippen molar-refractivity contribution < 1.29 is 4.79 Å². The van der Waals surface area contributed by atoms with Gasteiger partial charge in [-0.1, -0.05) is 11.3 Å². The number of aromatic nitrogens is 2. The Labute approximate surface area is 107 Å². The minimum atomic E-state index is -0.347. The molecule has 0 N–H and O–H groups in total. The number of halogens is 1. The Bertz CT molecular complexity index is 456. The van der Waals surface area contributed by atoms with Crippen molar-refractivity contribution in [2.45, 2.75) is 12.8 Å². The standard InChI is InChI=1S/C9H8ClN5OS/c10-9-14-13-7(17-9)8(16)15(5-1-3-11)6-2-4-12/h1-2,5-6H2. The average Bonchev–Trinajstić information content (AvgIpc) is 2.75. The number of nitrogens with zero attached hydrogens (tertiary/aromatic N) is 5. The molecule has 0 bridgehead atoms. The van der Waals surface area contributed by atoms with Gasteiger partial charge in [0.15, 0.2) is 0 Å².